The molecule has 1 aromatic heterocycles. The Labute approximate surface area is 153 Å². The maximum absolute atomic E-state index is 11.8. The summed E-state index contributed by atoms with van der Waals surface area (Å²) in [7, 11) is 0. The zero-order valence-electron chi connectivity index (χ0n) is 15.7. The molecule has 2 rings (SSSR count). The van der Waals surface area contributed by atoms with Crippen LogP contribution in [0.25, 0.3) is 0 Å². The molecular formula is C20H26N2O4. The van der Waals surface area contributed by atoms with Crippen LogP contribution in [0.15, 0.2) is 41.0 Å². The van der Waals surface area contributed by atoms with E-state index in [0.29, 0.717) is 24.4 Å². The number of aryl methyl sites for hydroxylation is 1. The Morgan fingerprint density at radius 3 is 2.35 bits per heavy atom. The normalized spacial score (nSPS) is 11.1. The molecule has 2 aromatic rings. The number of hydrogen-bond donors (Lipinski definition) is 2. The lowest BCUT2D eigenvalue weighted by molar-refractivity contribution is -0.122. The van der Waals surface area contributed by atoms with E-state index in [1.807, 2.05) is 12.1 Å². The van der Waals surface area contributed by atoms with Crippen molar-refractivity contribution in [1.29, 1.82) is 0 Å². The zero-order chi connectivity index (χ0) is 19.2. The lowest BCUT2D eigenvalue weighted by Crippen LogP contribution is -2.41. The minimum Gasteiger partial charge on any atom is -0.494 e. The minimum atomic E-state index is -0.403. The molecule has 26 heavy (non-hydrogen) atoms. The summed E-state index contributed by atoms with van der Waals surface area (Å²) < 4.78 is 10.7. The molecule has 0 saturated heterocycles. The molecule has 2 N–H and O–H groups in total. The highest BCUT2D eigenvalue weighted by Gasteiger charge is 2.13. The highest BCUT2D eigenvalue weighted by Crippen LogP contribution is 2.24. The molecule has 0 spiro atoms. The van der Waals surface area contributed by atoms with Crippen LogP contribution in [-0.2, 0) is 10.2 Å². The molecular weight excluding hydrogens is 332 g/mol. The fraction of sp³-hybridized carbons (Fsp3) is 0.400. The summed E-state index contributed by atoms with van der Waals surface area (Å²) in [5.74, 6) is 0.607. The van der Waals surface area contributed by atoms with Gasteiger partial charge in [0, 0.05) is 6.42 Å². The number of amides is 2. The van der Waals surface area contributed by atoms with E-state index in [9.17, 15) is 9.59 Å². The Kier molecular flexibility index (Phi) is 6.44. The maximum Gasteiger partial charge on any atom is 0.273 e. The van der Waals surface area contributed by atoms with Crippen LogP contribution in [-0.4, -0.2) is 18.4 Å². The predicted molar refractivity (Wildman–Crippen MR) is 98.9 cm³/mol. The summed E-state index contributed by atoms with van der Waals surface area (Å²) in [6, 6.07) is 9.53. The van der Waals surface area contributed by atoms with Gasteiger partial charge in [0.1, 0.15) is 11.5 Å². The third-order valence-corrected chi connectivity index (χ3v) is 3.96. The monoisotopic (exact) mass is 358 g/mol. The molecule has 0 atom stereocenters. The van der Waals surface area contributed by atoms with Crippen molar-refractivity contribution in [2.45, 2.75) is 46.0 Å². The van der Waals surface area contributed by atoms with Gasteiger partial charge in [-0.15, -0.1) is 0 Å². The lowest BCUT2D eigenvalue weighted by atomic mass is 9.87. The molecule has 6 heteroatoms. The highest BCUT2D eigenvalue weighted by atomic mass is 16.5. The fourth-order valence-electron chi connectivity index (χ4n) is 2.35. The van der Waals surface area contributed by atoms with Gasteiger partial charge < -0.3 is 9.15 Å². The second-order valence-corrected chi connectivity index (χ2v) is 7.12. The molecule has 140 valence electrons. The Morgan fingerprint density at radius 1 is 1.08 bits per heavy atom. The van der Waals surface area contributed by atoms with Crippen molar-refractivity contribution in [2.75, 3.05) is 6.61 Å². The number of hydrogen-bond acceptors (Lipinski definition) is 4. The highest BCUT2D eigenvalue weighted by molar-refractivity contribution is 5.96. The van der Waals surface area contributed by atoms with E-state index in [0.717, 1.165) is 5.75 Å². The summed E-state index contributed by atoms with van der Waals surface area (Å²) in [4.78, 5) is 23.6. The minimum absolute atomic E-state index is 0.107. The number of carbonyl (C=O) groups excluding carboxylic acids is 2. The van der Waals surface area contributed by atoms with Gasteiger partial charge in [0.15, 0.2) is 0 Å². The molecule has 1 heterocycles. The number of ether oxygens (including phenoxy) is 1. The summed E-state index contributed by atoms with van der Waals surface area (Å²) in [5.41, 5.74) is 6.50. The van der Waals surface area contributed by atoms with Gasteiger partial charge in [-0.05, 0) is 42.5 Å². The van der Waals surface area contributed by atoms with Gasteiger partial charge in [0.25, 0.3) is 5.91 Å². The molecule has 0 radical (unpaired) electrons. The van der Waals surface area contributed by atoms with E-state index in [2.05, 4.69) is 43.8 Å². The second-order valence-electron chi connectivity index (χ2n) is 7.12. The van der Waals surface area contributed by atoms with Crippen LogP contribution in [0.2, 0.25) is 0 Å². The maximum atomic E-state index is 11.8. The van der Waals surface area contributed by atoms with Crippen molar-refractivity contribution in [2.24, 2.45) is 0 Å². The van der Waals surface area contributed by atoms with Crippen molar-refractivity contribution in [3.63, 3.8) is 0 Å². The molecule has 0 aliphatic heterocycles. The first-order chi connectivity index (χ1) is 12.3. The lowest BCUT2D eigenvalue weighted by Gasteiger charge is -2.19. The van der Waals surface area contributed by atoms with Crippen LogP contribution in [0, 0.1) is 6.92 Å². The molecule has 0 bridgehead atoms. The first kappa shape index (κ1) is 19.6. The number of furan rings is 1. The molecule has 0 unspecified atom stereocenters. The third-order valence-electron chi connectivity index (χ3n) is 3.96. The number of benzene rings is 1. The Bertz CT molecular complexity index is 742. The largest absolute Gasteiger partial charge is 0.494 e. The van der Waals surface area contributed by atoms with Gasteiger partial charge in [-0.2, -0.15) is 0 Å². The van der Waals surface area contributed by atoms with Crippen LogP contribution in [0.4, 0.5) is 0 Å². The van der Waals surface area contributed by atoms with Crippen LogP contribution in [0.5, 0.6) is 5.75 Å². The number of carbonyl (C=O) groups is 2. The van der Waals surface area contributed by atoms with Crippen molar-refractivity contribution in [3.05, 3.63) is 53.5 Å². The SMILES string of the molecule is Cc1occc1C(=O)NNC(=O)CCCOc1ccc(C(C)(C)C)cc1. The van der Waals surface area contributed by atoms with Gasteiger partial charge in [-0.3, -0.25) is 20.4 Å². The molecule has 0 saturated carbocycles. The van der Waals surface area contributed by atoms with E-state index in [4.69, 9.17) is 9.15 Å². The predicted octanol–water partition coefficient (Wildman–Crippen LogP) is 3.51. The van der Waals surface area contributed by atoms with Crippen molar-refractivity contribution in [1.82, 2.24) is 10.9 Å². The molecule has 0 fully saturated rings. The molecule has 0 aliphatic rings. The van der Waals surface area contributed by atoms with Crippen LogP contribution >= 0.6 is 0 Å². The van der Waals surface area contributed by atoms with E-state index in [-0.39, 0.29) is 17.7 Å². The zero-order valence-corrected chi connectivity index (χ0v) is 15.7. The Morgan fingerprint density at radius 2 is 1.77 bits per heavy atom. The quantitative estimate of drug-likeness (QED) is 0.612. The first-order valence-electron chi connectivity index (χ1n) is 8.64. The summed E-state index contributed by atoms with van der Waals surface area (Å²) in [6.45, 7) is 8.59. The van der Waals surface area contributed by atoms with E-state index < -0.39 is 5.91 Å². The van der Waals surface area contributed by atoms with Gasteiger partial charge in [0.05, 0.1) is 18.4 Å². The Balaban J connectivity index is 1.66. The Hall–Kier alpha value is -2.76. The van der Waals surface area contributed by atoms with Gasteiger partial charge in [0.2, 0.25) is 5.91 Å². The smallest absolute Gasteiger partial charge is 0.273 e. The second kappa shape index (κ2) is 8.56. The average Bonchev–Trinajstić information content (AvgIpc) is 3.02. The van der Waals surface area contributed by atoms with Crippen molar-refractivity contribution < 1.29 is 18.7 Å². The molecule has 2 amide bonds. The molecule has 1 aromatic carbocycles. The third kappa shape index (κ3) is 5.65. The summed E-state index contributed by atoms with van der Waals surface area (Å²) in [6.07, 6.45) is 2.23. The van der Waals surface area contributed by atoms with Crippen molar-refractivity contribution >= 4 is 11.8 Å². The van der Waals surface area contributed by atoms with Gasteiger partial charge >= 0.3 is 0 Å². The summed E-state index contributed by atoms with van der Waals surface area (Å²) >= 11 is 0. The number of nitrogens with one attached hydrogen (secondary N) is 2. The topological polar surface area (TPSA) is 80.6 Å². The van der Waals surface area contributed by atoms with E-state index in [1.54, 1.807) is 13.0 Å². The van der Waals surface area contributed by atoms with Gasteiger partial charge in [-0.25, -0.2) is 0 Å². The number of hydrazine groups is 1. The van der Waals surface area contributed by atoms with Crippen molar-refractivity contribution in [3.8, 4) is 5.75 Å². The number of rotatable bonds is 6. The average molecular weight is 358 g/mol. The van der Waals surface area contributed by atoms with Crippen LogP contribution < -0.4 is 15.6 Å². The fourth-order valence-corrected chi connectivity index (χ4v) is 2.35. The van der Waals surface area contributed by atoms with Crippen LogP contribution in [0.1, 0.15) is 55.3 Å². The summed E-state index contributed by atoms with van der Waals surface area (Å²) in [5, 5.41) is 0. The standard InChI is InChI=1S/C20H26N2O4/c1-14-17(11-13-25-14)19(24)22-21-18(23)6-5-12-26-16-9-7-15(8-10-16)20(2,3)4/h7-11,13H,5-6,12H2,1-4H3,(H,21,23)(H,22,24). The van der Waals surface area contributed by atoms with E-state index in [1.165, 1.54) is 11.8 Å². The first-order valence-corrected chi connectivity index (χ1v) is 8.64. The molecule has 6 nitrogen and oxygen atoms in total. The van der Waals surface area contributed by atoms with Gasteiger partial charge in [-0.1, -0.05) is 32.9 Å². The van der Waals surface area contributed by atoms with Crippen LogP contribution in [0.3, 0.4) is 0 Å². The van der Waals surface area contributed by atoms with E-state index >= 15 is 0 Å². The molecule has 0 aliphatic carbocycles.